The van der Waals surface area contributed by atoms with Crippen LogP contribution in [0.1, 0.15) is 28.6 Å². The fourth-order valence-corrected chi connectivity index (χ4v) is 4.68. The quantitative estimate of drug-likeness (QED) is 0.641. The number of methoxy groups -OCH3 is 2. The Balaban J connectivity index is 2.04. The molecule has 2 aromatic carbocycles. The van der Waals surface area contributed by atoms with Crippen LogP contribution in [0, 0.1) is 13.8 Å². The summed E-state index contributed by atoms with van der Waals surface area (Å²) in [5.41, 5.74) is 2.27. The number of aryl methyl sites for hydroxylation is 3. The van der Waals surface area contributed by atoms with Gasteiger partial charge in [0.25, 0.3) is 0 Å². The molecule has 0 fully saturated rings. The standard InChI is InChI=1S/C21H25N3O4S/c1-14-12-18(13-15(2)20(14)28-5)29(25,26)23-19(21-22-10-11-24(21)3)16-6-8-17(27-4)9-7-16/h6-13,19,23H,1-5H3. The van der Waals surface area contributed by atoms with Gasteiger partial charge in [-0.3, -0.25) is 0 Å². The molecule has 7 nitrogen and oxygen atoms in total. The Morgan fingerprint density at radius 2 is 1.66 bits per heavy atom. The summed E-state index contributed by atoms with van der Waals surface area (Å²) >= 11 is 0. The van der Waals surface area contributed by atoms with Gasteiger partial charge in [0.1, 0.15) is 23.4 Å². The van der Waals surface area contributed by atoms with E-state index in [0.717, 1.165) is 16.7 Å². The van der Waals surface area contributed by atoms with E-state index in [2.05, 4.69) is 9.71 Å². The smallest absolute Gasteiger partial charge is 0.241 e. The van der Waals surface area contributed by atoms with Crippen molar-refractivity contribution in [1.82, 2.24) is 14.3 Å². The number of imidazole rings is 1. The molecular formula is C21H25N3O4S. The first-order chi connectivity index (χ1) is 13.8. The van der Waals surface area contributed by atoms with Crippen molar-refractivity contribution >= 4 is 10.0 Å². The summed E-state index contributed by atoms with van der Waals surface area (Å²) < 4.78 is 41.6. The van der Waals surface area contributed by atoms with E-state index >= 15 is 0 Å². The summed E-state index contributed by atoms with van der Waals surface area (Å²) in [7, 11) is 1.16. The zero-order valence-corrected chi connectivity index (χ0v) is 17.9. The number of hydrogen-bond donors (Lipinski definition) is 1. The average molecular weight is 416 g/mol. The van der Waals surface area contributed by atoms with Crippen molar-refractivity contribution in [3.05, 3.63) is 71.3 Å². The lowest BCUT2D eigenvalue weighted by Gasteiger charge is -2.20. The van der Waals surface area contributed by atoms with Crippen LogP contribution in [0.3, 0.4) is 0 Å². The third kappa shape index (κ3) is 4.28. The van der Waals surface area contributed by atoms with Crippen LogP contribution in [0.25, 0.3) is 0 Å². The largest absolute Gasteiger partial charge is 0.497 e. The van der Waals surface area contributed by atoms with Gasteiger partial charge in [0, 0.05) is 19.4 Å². The van der Waals surface area contributed by atoms with Gasteiger partial charge in [-0.15, -0.1) is 0 Å². The fraction of sp³-hybridized carbons (Fsp3) is 0.286. The molecule has 1 aromatic heterocycles. The Morgan fingerprint density at radius 1 is 1.03 bits per heavy atom. The molecule has 0 aliphatic rings. The van der Waals surface area contributed by atoms with Crippen LogP contribution in [0.15, 0.2) is 53.7 Å². The normalized spacial score (nSPS) is 12.6. The van der Waals surface area contributed by atoms with Gasteiger partial charge in [0.15, 0.2) is 0 Å². The van der Waals surface area contributed by atoms with Gasteiger partial charge in [-0.25, -0.2) is 13.4 Å². The summed E-state index contributed by atoms with van der Waals surface area (Å²) in [5.74, 6) is 1.96. The van der Waals surface area contributed by atoms with Crippen molar-refractivity contribution in [1.29, 1.82) is 0 Å². The SMILES string of the molecule is COc1ccc(C(NS(=O)(=O)c2cc(C)c(OC)c(C)c2)c2nccn2C)cc1. The molecule has 0 aliphatic carbocycles. The zero-order chi connectivity index (χ0) is 21.2. The molecule has 0 saturated heterocycles. The number of ether oxygens (including phenoxy) is 2. The summed E-state index contributed by atoms with van der Waals surface area (Å²) in [6, 6.07) is 9.79. The molecule has 0 amide bonds. The molecule has 1 N–H and O–H groups in total. The van der Waals surface area contributed by atoms with Crippen LogP contribution >= 0.6 is 0 Å². The third-order valence-corrected chi connectivity index (χ3v) is 6.19. The first-order valence-electron chi connectivity index (χ1n) is 9.05. The number of hydrogen-bond acceptors (Lipinski definition) is 5. The van der Waals surface area contributed by atoms with E-state index in [9.17, 15) is 8.42 Å². The van der Waals surface area contributed by atoms with Crippen molar-refractivity contribution in [2.75, 3.05) is 14.2 Å². The summed E-state index contributed by atoms with van der Waals surface area (Å²) in [6.07, 6.45) is 3.42. The van der Waals surface area contributed by atoms with Crippen LogP contribution in [-0.2, 0) is 17.1 Å². The second-order valence-electron chi connectivity index (χ2n) is 6.81. The molecular weight excluding hydrogens is 390 g/mol. The maximum atomic E-state index is 13.2. The fourth-order valence-electron chi connectivity index (χ4n) is 3.33. The molecule has 3 aromatic rings. The topological polar surface area (TPSA) is 82.4 Å². The van der Waals surface area contributed by atoms with Crippen LogP contribution < -0.4 is 14.2 Å². The lowest BCUT2D eigenvalue weighted by molar-refractivity contribution is 0.408. The maximum Gasteiger partial charge on any atom is 0.241 e. The molecule has 0 spiro atoms. The van der Waals surface area contributed by atoms with E-state index < -0.39 is 16.1 Å². The van der Waals surface area contributed by atoms with Crippen LogP contribution in [0.5, 0.6) is 11.5 Å². The number of aromatic nitrogens is 2. The van der Waals surface area contributed by atoms with E-state index in [1.165, 1.54) is 0 Å². The Hall–Kier alpha value is -2.84. The second kappa shape index (κ2) is 8.26. The molecule has 1 unspecified atom stereocenters. The van der Waals surface area contributed by atoms with Gasteiger partial charge < -0.3 is 14.0 Å². The molecule has 3 rings (SSSR count). The minimum atomic E-state index is -3.83. The Labute approximate surface area is 171 Å². The third-order valence-electron chi connectivity index (χ3n) is 4.79. The summed E-state index contributed by atoms with van der Waals surface area (Å²) in [6.45, 7) is 3.65. The highest BCUT2D eigenvalue weighted by Crippen LogP contribution is 2.29. The van der Waals surface area contributed by atoms with E-state index in [1.54, 1.807) is 55.4 Å². The molecule has 154 valence electrons. The number of nitrogens with zero attached hydrogens (tertiary/aromatic N) is 2. The van der Waals surface area contributed by atoms with Crippen molar-refractivity contribution in [2.24, 2.45) is 7.05 Å². The minimum Gasteiger partial charge on any atom is -0.497 e. The number of sulfonamides is 1. The van der Waals surface area contributed by atoms with Gasteiger partial charge >= 0.3 is 0 Å². The van der Waals surface area contributed by atoms with Crippen LogP contribution in [0.2, 0.25) is 0 Å². The van der Waals surface area contributed by atoms with Crippen LogP contribution in [-0.4, -0.2) is 32.2 Å². The first kappa shape index (κ1) is 20.9. The second-order valence-corrected chi connectivity index (χ2v) is 8.53. The van der Waals surface area contributed by atoms with E-state index in [-0.39, 0.29) is 4.90 Å². The predicted molar refractivity (Wildman–Crippen MR) is 111 cm³/mol. The molecule has 29 heavy (non-hydrogen) atoms. The first-order valence-corrected chi connectivity index (χ1v) is 10.5. The highest BCUT2D eigenvalue weighted by molar-refractivity contribution is 7.89. The molecule has 1 heterocycles. The maximum absolute atomic E-state index is 13.2. The van der Waals surface area contributed by atoms with Crippen molar-refractivity contribution in [2.45, 2.75) is 24.8 Å². The van der Waals surface area contributed by atoms with E-state index in [4.69, 9.17) is 9.47 Å². The van der Waals surface area contributed by atoms with Gasteiger partial charge in [0.2, 0.25) is 10.0 Å². The van der Waals surface area contributed by atoms with Crippen molar-refractivity contribution in [3.8, 4) is 11.5 Å². The summed E-state index contributed by atoms with van der Waals surface area (Å²) in [4.78, 5) is 4.54. The van der Waals surface area contributed by atoms with E-state index in [1.807, 2.05) is 33.0 Å². The van der Waals surface area contributed by atoms with Crippen molar-refractivity contribution < 1.29 is 17.9 Å². The lowest BCUT2D eigenvalue weighted by atomic mass is 10.1. The lowest BCUT2D eigenvalue weighted by Crippen LogP contribution is -2.31. The Kier molecular flexibility index (Phi) is 5.95. The van der Waals surface area contributed by atoms with E-state index in [0.29, 0.717) is 17.3 Å². The van der Waals surface area contributed by atoms with Gasteiger partial charge in [-0.05, 0) is 54.8 Å². The highest BCUT2D eigenvalue weighted by Gasteiger charge is 2.26. The molecule has 0 saturated carbocycles. The van der Waals surface area contributed by atoms with Gasteiger partial charge in [0.05, 0.1) is 19.1 Å². The number of nitrogens with one attached hydrogen (secondary N) is 1. The van der Waals surface area contributed by atoms with Gasteiger partial charge in [-0.2, -0.15) is 4.72 Å². The number of rotatable bonds is 7. The molecule has 0 bridgehead atoms. The van der Waals surface area contributed by atoms with Crippen LogP contribution in [0.4, 0.5) is 0 Å². The van der Waals surface area contributed by atoms with Gasteiger partial charge in [-0.1, -0.05) is 12.1 Å². The number of benzene rings is 2. The zero-order valence-electron chi connectivity index (χ0n) is 17.1. The average Bonchev–Trinajstić information content (AvgIpc) is 3.11. The minimum absolute atomic E-state index is 0.182. The summed E-state index contributed by atoms with van der Waals surface area (Å²) in [5, 5.41) is 0. The molecule has 1 atom stereocenters. The molecule has 8 heteroatoms. The Morgan fingerprint density at radius 3 is 2.14 bits per heavy atom. The van der Waals surface area contributed by atoms with Crippen molar-refractivity contribution in [3.63, 3.8) is 0 Å². The molecule has 0 aliphatic heterocycles. The molecule has 0 radical (unpaired) electrons. The Bertz CT molecular complexity index is 1080. The highest BCUT2D eigenvalue weighted by atomic mass is 32.2. The predicted octanol–water partition coefficient (Wildman–Crippen LogP) is 3.12. The monoisotopic (exact) mass is 415 g/mol.